The maximum atomic E-state index is 14.3. The van der Waals surface area contributed by atoms with E-state index in [4.69, 9.17) is 23.2 Å². The Labute approximate surface area is 208 Å². The second kappa shape index (κ2) is 8.48. The van der Waals surface area contributed by atoms with Gasteiger partial charge in [0, 0.05) is 27.0 Å². The zero-order chi connectivity index (χ0) is 23.9. The van der Waals surface area contributed by atoms with Crippen molar-refractivity contribution in [2.45, 2.75) is 18.2 Å². The molecule has 1 fully saturated rings. The Hall–Kier alpha value is -3.31. The first kappa shape index (κ1) is 22.5. The molecule has 1 heterocycles. The van der Waals surface area contributed by atoms with Crippen molar-refractivity contribution in [2.75, 3.05) is 9.80 Å². The Kier molecular flexibility index (Phi) is 5.61. The second-order valence-electron chi connectivity index (χ2n) is 8.38. The van der Waals surface area contributed by atoms with Crippen molar-refractivity contribution in [3.63, 3.8) is 0 Å². The number of halogens is 2. The van der Waals surface area contributed by atoms with Crippen LogP contribution in [0.2, 0.25) is 10.0 Å². The topological polar surface area (TPSA) is 43.8 Å². The molecule has 0 spiro atoms. The normalized spacial score (nSPS) is 22.3. The van der Waals surface area contributed by atoms with Crippen LogP contribution in [0.15, 0.2) is 109 Å². The van der Waals surface area contributed by atoms with Crippen molar-refractivity contribution in [3.05, 3.63) is 130 Å². The van der Waals surface area contributed by atoms with Gasteiger partial charge in [-0.05, 0) is 61.0 Å². The van der Waals surface area contributed by atoms with Crippen LogP contribution in [0.25, 0.3) is 0 Å². The molecule has 0 aromatic heterocycles. The fourth-order valence-corrected chi connectivity index (χ4v) is 5.08. The molecule has 1 N–H and O–H groups in total. The van der Waals surface area contributed by atoms with E-state index in [1.165, 1.54) is 4.90 Å². The fourth-order valence-electron chi connectivity index (χ4n) is 4.82. The highest BCUT2D eigenvalue weighted by molar-refractivity contribution is 6.31. The highest BCUT2D eigenvalue weighted by Gasteiger charge is 2.67. The van der Waals surface area contributed by atoms with E-state index in [2.05, 4.69) is 0 Å². The van der Waals surface area contributed by atoms with E-state index in [0.717, 1.165) is 5.56 Å². The molecular weight excluding hydrogens is 467 g/mol. The molecule has 0 saturated carbocycles. The number of nitrogens with zero attached hydrogens (tertiary/aromatic N) is 2. The van der Waals surface area contributed by atoms with Crippen molar-refractivity contribution in [2.24, 2.45) is 0 Å². The third kappa shape index (κ3) is 3.30. The number of hydrogen-bond donors (Lipinski definition) is 1. The minimum Gasteiger partial charge on any atom is -0.364 e. The van der Waals surface area contributed by atoms with Gasteiger partial charge in [-0.2, -0.15) is 0 Å². The lowest BCUT2D eigenvalue weighted by molar-refractivity contribution is -0.0125. The van der Waals surface area contributed by atoms with Crippen molar-refractivity contribution in [1.82, 2.24) is 0 Å². The first-order valence-corrected chi connectivity index (χ1v) is 11.6. The summed E-state index contributed by atoms with van der Waals surface area (Å²) in [5.41, 5.74) is -0.464. The quantitative estimate of drug-likeness (QED) is 0.330. The van der Waals surface area contributed by atoms with Crippen LogP contribution < -0.4 is 9.80 Å². The Bertz CT molecular complexity index is 1210. The number of carbonyl (C=O) groups excluding carboxylic acids is 1. The molecule has 0 aliphatic carbocycles. The molecule has 6 heteroatoms. The van der Waals surface area contributed by atoms with Gasteiger partial charge in [-0.1, -0.05) is 83.9 Å². The SMILES string of the molecule is C[C@]1(c2ccccc2)N(c2ccc(Cl)cc2)C(=O)N(c2ccc(Cl)cc2)[C@@]1(O)c1ccccc1. The standard InChI is InChI=1S/C28H22Cl2N2O2/c1-27(20-8-4-2-5-9-20)28(34,21-10-6-3-7-11-21)32(25-18-14-23(30)15-19-25)26(33)31(27)24-16-12-22(29)13-17-24/h2-19,34H,1H3/t27-,28-/m1/s1. The lowest BCUT2D eigenvalue weighted by Crippen LogP contribution is -2.56. The molecule has 1 aliphatic rings. The van der Waals surface area contributed by atoms with Crippen LogP contribution in [0.5, 0.6) is 0 Å². The molecule has 0 bridgehead atoms. The molecule has 2 amide bonds. The molecule has 4 aromatic rings. The smallest absolute Gasteiger partial charge is 0.332 e. The van der Waals surface area contributed by atoms with Gasteiger partial charge in [0.2, 0.25) is 5.72 Å². The monoisotopic (exact) mass is 488 g/mol. The van der Waals surface area contributed by atoms with Gasteiger partial charge in [0.15, 0.2) is 0 Å². The summed E-state index contributed by atoms with van der Waals surface area (Å²) < 4.78 is 0. The molecule has 1 aliphatic heterocycles. The van der Waals surface area contributed by atoms with Crippen LogP contribution in [0.4, 0.5) is 16.2 Å². The highest BCUT2D eigenvalue weighted by Crippen LogP contribution is 2.55. The van der Waals surface area contributed by atoms with Crippen LogP contribution >= 0.6 is 23.2 Å². The number of rotatable bonds is 4. The van der Waals surface area contributed by atoms with E-state index >= 15 is 0 Å². The van der Waals surface area contributed by atoms with Gasteiger partial charge >= 0.3 is 6.03 Å². The number of aliphatic hydroxyl groups is 1. The lowest BCUT2D eigenvalue weighted by Gasteiger charge is -2.45. The van der Waals surface area contributed by atoms with Gasteiger partial charge in [0.1, 0.15) is 5.54 Å². The van der Waals surface area contributed by atoms with Crippen LogP contribution in [0.1, 0.15) is 18.1 Å². The molecule has 170 valence electrons. The zero-order valence-corrected chi connectivity index (χ0v) is 19.9. The predicted molar refractivity (Wildman–Crippen MR) is 137 cm³/mol. The number of amides is 2. The number of urea groups is 1. The molecule has 4 nitrogen and oxygen atoms in total. The van der Waals surface area contributed by atoms with Crippen LogP contribution in [-0.2, 0) is 11.3 Å². The molecule has 1 saturated heterocycles. The Balaban J connectivity index is 1.85. The van der Waals surface area contributed by atoms with Gasteiger partial charge in [-0.25, -0.2) is 4.79 Å². The van der Waals surface area contributed by atoms with Gasteiger partial charge in [0.05, 0.1) is 0 Å². The van der Waals surface area contributed by atoms with Crippen molar-refractivity contribution in [1.29, 1.82) is 0 Å². The van der Waals surface area contributed by atoms with Crippen LogP contribution in [-0.4, -0.2) is 11.1 Å². The summed E-state index contributed by atoms with van der Waals surface area (Å²) in [6.07, 6.45) is 0. The molecular formula is C28H22Cl2N2O2. The van der Waals surface area contributed by atoms with E-state index in [0.29, 0.717) is 27.0 Å². The minimum atomic E-state index is -1.76. The third-order valence-corrected chi connectivity index (χ3v) is 7.02. The summed E-state index contributed by atoms with van der Waals surface area (Å²) in [5.74, 6) is 0. The first-order valence-electron chi connectivity index (χ1n) is 10.9. The maximum Gasteiger partial charge on any atom is 0.332 e. The van der Waals surface area contributed by atoms with E-state index in [9.17, 15) is 9.90 Å². The van der Waals surface area contributed by atoms with E-state index < -0.39 is 11.3 Å². The van der Waals surface area contributed by atoms with Gasteiger partial charge in [-0.15, -0.1) is 0 Å². The van der Waals surface area contributed by atoms with Gasteiger partial charge < -0.3 is 5.11 Å². The summed E-state index contributed by atoms with van der Waals surface area (Å²) in [5, 5.41) is 13.9. The summed E-state index contributed by atoms with van der Waals surface area (Å²) >= 11 is 12.3. The Morgan fingerprint density at radius 3 is 1.50 bits per heavy atom. The summed E-state index contributed by atoms with van der Waals surface area (Å²) in [6, 6.07) is 32.4. The van der Waals surface area contributed by atoms with Crippen LogP contribution in [0.3, 0.4) is 0 Å². The van der Waals surface area contributed by atoms with Crippen LogP contribution in [0, 0.1) is 0 Å². The molecule has 5 rings (SSSR count). The molecule has 2 atom stereocenters. The number of hydrogen-bond acceptors (Lipinski definition) is 2. The molecule has 0 radical (unpaired) electrons. The molecule has 4 aromatic carbocycles. The van der Waals surface area contributed by atoms with Crippen molar-refractivity contribution < 1.29 is 9.90 Å². The minimum absolute atomic E-state index is 0.373. The summed E-state index contributed by atoms with van der Waals surface area (Å²) in [6.45, 7) is 1.89. The average Bonchev–Trinajstić information content (AvgIpc) is 3.05. The van der Waals surface area contributed by atoms with Gasteiger partial charge in [-0.3, -0.25) is 9.80 Å². The van der Waals surface area contributed by atoms with E-state index in [1.807, 2.05) is 67.6 Å². The first-order chi connectivity index (χ1) is 16.4. The lowest BCUT2D eigenvalue weighted by atomic mass is 9.76. The van der Waals surface area contributed by atoms with E-state index in [1.54, 1.807) is 53.4 Å². The van der Waals surface area contributed by atoms with Gasteiger partial charge in [0.25, 0.3) is 0 Å². The maximum absolute atomic E-state index is 14.3. The Morgan fingerprint density at radius 2 is 1.03 bits per heavy atom. The molecule has 0 unspecified atom stereocenters. The fraction of sp³-hybridized carbons (Fsp3) is 0.107. The van der Waals surface area contributed by atoms with Crippen molar-refractivity contribution >= 4 is 40.6 Å². The number of carbonyl (C=O) groups is 1. The Morgan fingerprint density at radius 1 is 0.618 bits per heavy atom. The predicted octanol–water partition coefficient (Wildman–Crippen LogP) is 7.20. The largest absolute Gasteiger partial charge is 0.364 e. The number of anilines is 2. The zero-order valence-electron chi connectivity index (χ0n) is 18.4. The summed E-state index contributed by atoms with van der Waals surface area (Å²) in [4.78, 5) is 17.4. The average molecular weight is 489 g/mol. The summed E-state index contributed by atoms with van der Waals surface area (Å²) in [7, 11) is 0. The molecule has 34 heavy (non-hydrogen) atoms. The van der Waals surface area contributed by atoms with Crippen molar-refractivity contribution in [3.8, 4) is 0 Å². The third-order valence-electron chi connectivity index (χ3n) is 6.51. The highest BCUT2D eigenvalue weighted by atomic mass is 35.5. The number of benzene rings is 4. The van der Waals surface area contributed by atoms with E-state index in [-0.39, 0.29) is 6.03 Å². The second-order valence-corrected chi connectivity index (χ2v) is 9.26.